The van der Waals surface area contributed by atoms with Gasteiger partial charge in [-0.1, -0.05) is 19.9 Å². The van der Waals surface area contributed by atoms with Crippen LogP contribution in [0.1, 0.15) is 39.3 Å². The van der Waals surface area contributed by atoms with Gasteiger partial charge in [0.05, 0.1) is 11.4 Å². The molecular formula is C17H26N4OS. The Balaban J connectivity index is 1.87. The minimum Gasteiger partial charge on any atom is -0.443 e. The summed E-state index contributed by atoms with van der Waals surface area (Å²) in [4.78, 5) is 10.1. The highest BCUT2D eigenvalue weighted by molar-refractivity contribution is 7.13. The number of oxazole rings is 1. The first-order valence-corrected chi connectivity index (χ1v) is 9.07. The molecule has 5 nitrogen and oxygen atoms in total. The van der Waals surface area contributed by atoms with E-state index in [2.05, 4.69) is 41.4 Å². The van der Waals surface area contributed by atoms with Gasteiger partial charge in [0.25, 0.3) is 0 Å². The molecule has 2 rings (SSSR count). The normalized spacial score (nSPS) is 11.9. The molecule has 0 spiro atoms. The summed E-state index contributed by atoms with van der Waals surface area (Å²) in [7, 11) is 0. The van der Waals surface area contributed by atoms with E-state index in [1.807, 2.05) is 17.5 Å². The zero-order valence-corrected chi connectivity index (χ0v) is 14.9. The molecule has 0 aliphatic rings. The number of aromatic nitrogens is 1. The third kappa shape index (κ3) is 6.06. The number of hydrogen-bond donors (Lipinski definition) is 2. The molecule has 126 valence electrons. The molecule has 0 saturated carbocycles. The molecule has 0 aromatic carbocycles. The van der Waals surface area contributed by atoms with Crippen molar-refractivity contribution in [1.82, 2.24) is 15.6 Å². The zero-order valence-electron chi connectivity index (χ0n) is 14.1. The number of thiophene rings is 1. The van der Waals surface area contributed by atoms with Gasteiger partial charge in [0.2, 0.25) is 5.89 Å². The Kier molecular flexibility index (Phi) is 7.13. The quantitative estimate of drug-likeness (QED) is 0.437. The van der Waals surface area contributed by atoms with Crippen LogP contribution in [0, 0.1) is 5.92 Å². The van der Waals surface area contributed by atoms with Crippen molar-refractivity contribution in [1.29, 1.82) is 0 Å². The van der Waals surface area contributed by atoms with E-state index in [0.717, 1.165) is 42.0 Å². The molecule has 2 N–H and O–H groups in total. The molecule has 0 atom stereocenters. The average molecular weight is 334 g/mol. The molecule has 0 fully saturated rings. The molecule has 2 aromatic rings. The van der Waals surface area contributed by atoms with Crippen LogP contribution in [0.3, 0.4) is 0 Å². The lowest BCUT2D eigenvalue weighted by Gasteiger charge is -2.11. The van der Waals surface area contributed by atoms with E-state index in [-0.39, 0.29) is 0 Å². The van der Waals surface area contributed by atoms with Crippen LogP contribution in [-0.4, -0.2) is 24.0 Å². The largest absolute Gasteiger partial charge is 0.443 e. The van der Waals surface area contributed by atoms with Crippen molar-refractivity contribution in [3.05, 3.63) is 29.5 Å². The fourth-order valence-corrected chi connectivity index (χ4v) is 2.77. The van der Waals surface area contributed by atoms with Crippen molar-refractivity contribution < 1.29 is 4.42 Å². The second kappa shape index (κ2) is 9.35. The number of guanidine groups is 1. The molecule has 0 aliphatic carbocycles. The molecule has 0 bridgehead atoms. The van der Waals surface area contributed by atoms with Crippen LogP contribution < -0.4 is 10.6 Å². The van der Waals surface area contributed by atoms with Gasteiger partial charge in [0.1, 0.15) is 12.0 Å². The van der Waals surface area contributed by atoms with Crippen molar-refractivity contribution in [2.45, 2.75) is 40.2 Å². The predicted molar refractivity (Wildman–Crippen MR) is 96.7 cm³/mol. The highest BCUT2D eigenvalue weighted by atomic mass is 32.1. The fourth-order valence-electron chi connectivity index (χ4n) is 2.11. The van der Waals surface area contributed by atoms with Crippen LogP contribution in [0.2, 0.25) is 0 Å². The third-order valence-electron chi connectivity index (χ3n) is 3.28. The van der Waals surface area contributed by atoms with Gasteiger partial charge in [-0.2, -0.15) is 0 Å². The highest BCUT2D eigenvalue weighted by Crippen LogP contribution is 2.23. The summed E-state index contributed by atoms with van der Waals surface area (Å²) in [5.74, 6) is 2.24. The van der Waals surface area contributed by atoms with Gasteiger partial charge < -0.3 is 15.1 Å². The van der Waals surface area contributed by atoms with Crippen molar-refractivity contribution in [3.8, 4) is 10.8 Å². The van der Waals surface area contributed by atoms with Gasteiger partial charge in [-0.25, -0.2) is 9.98 Å². The summed E-state index contributed by atoms with van der Waals surface area (Å²) < 4.78 is 5.52. The van der Waals surface area contributed by atoms with Gasteiger partial charge in [-0.3, -0.25) is 0 Å². The van der Waals surface area contributed by atoms with Crippen LogP contribution in [-0.2, 0) is 6.54 Å². The topological polar surface area (TPSA) is 62.5 Å². The molecule has 0 radical (unpaired) electrons. The van der Waals surface area contributed by atoms with Crippen LogP contribution in [0.4, 0.5) is 0 Å². The summed E-state index contributed by atoms with van der Waals surface area (Å²) >= 11 is 1.62. The van der Waals surface area contributed by atoms with Crippen molar-refractivity contribution in [2.24, 2.45) is 10.9 Å². The zero-order chi connectivity index (χ0) is 16.5. The molecule has 2 heterocycles. The number of hydrogen-bond acceptors (Lipinski definition) is 4. The first-order chi connectivity index (χ1) is 11.2. The van der Waals surface area contributed by atoms with Crippen molar-refractivity contribution in [3.63, 3.8) is 0 Å². The monoisotopic (exact) mass is 334 g/mol. The van der Waals surface area contributed by atoms with Gasteiger partial charge in [0, 0.05) is 13.1 Å². The van der Waals surface area contributed by atoms with Gasteiger partial charge in [-0.15, -0.1) is 11.3 Å². The van der Waals surface area contributed by atoms with Crippen molar-refractivity contribution in [2.75, 3.05) is 13.1 Å². The number of rotatable bonds is 8. The average Bonchev–Trinajstić information content (AvgIpc) is 3.19. The maximum atomic E-state index is 5.52. The van der Waals surface area contributed by atoms with Crippen LogP contribution in [0.5, 0.6) is 0 Å². The molecule has 0 saturated heterocycles. The summed E-state index contributed by atoms with van der Waals surface area (Å²) in [6.07, 6.45) is 4.05. The van der Waals surface area contributed by atoms with E-state index >= 15 is 0 Å². The first kappa shape index (κ1) is 17.5. The van der Waals surface area contributed by atoms with Crippen molar-refractivity contribution >= 4 is 17.3 Å². The van der Waals surface area contributed by atoms with E-state index in [1.54, 1.807) is 17.6 Å². The van der Waals surface area contributed by atoms with Gasteiger partial charge >= 0.3 is 0 Å². The maximum Gasteiger partial charge on any atom is 0.236 e. The molecular weight excluding hydrogens is 308 g/mol. The second-order valence-electron chi connectivity index (χ2n) is 5.78. The lowest BCUT2D eigenvalue weighted by atomic mass is 10.1. The van der Waals surface area contributed by atoms with E-state index < -0.39 is 0 Å². The Labute approximate surface area is 142 Å². The van der Waals surface area contributed by atoms with E-state index in [0.29, 0.717) is 12.4 Å². The summed E-state index contributed by atoms with van der Waals surface area (Å²) in [5, 5.41) is 8.64. The highest BCUT2D eigenvalue weighted by Gasteiger charge is 2.07. The summed E-state index contributed by atoms with van der Waals surface area (Å²) in [6, 6.07) is 4.00. The molecule has 0 aliphatic heterocycles. The Morgan fingerprint density at radius 2 is 2.26 bits per heavy atom. The molecule has 6 heteroatoms. The predicted octanol–water partition coefficient (Wildman–Crippen LogP) is 3.89. The Hall–Kier alpha value is -1.82. The second-order valence-corrected chi connectivity index (χ2v) is 6.73. The molecule has 0 amide bonds. The molecule has 0 unspecified atom stereocenters. The van der Waals surface area contributed by atoms with Crippen LogP contribution >= 0.6 is 11.3 Å². The standard InChI is InChI=1S/C17H26N4OS/c1-4-18-17(19-9-5-7-13(2)3)20-11-14-12-22-16(21-14)15-8-6-10-23-15/h6,8,10,12-13H,4-5,7,9,11H2,1-3H3,(H2,18,19,20). The third-order valence-corrected chi connectivity index (χ3v) is 4.14. The maximum absolute atomic E-state index is 5.52. The Morgan fingerprint density at radius 3 is 2.96 bits per heavy atom. The first-order valence-electron chi connectivity index (χ1n) is 8.19. The fraction of sp³-hybridized carbons (Fsp3) is 0.529. The minimum atomic E-state index is 0.508. The van der Waals surface area contributed by atoms with Gasteiger partial charge in [-0.05, 0) is 37.1 Å². The molecule has 23 heavy (non-hydrogen) atoms. The molecule has 2 aromatic heterocycles. The SMILES string of the molecule is CCNC(=NCc1coc(-c2cccs2)n1)NCCCC(C)C. The Bertz CT molecular complexity index is 590. The lowest BCUT2D eigenvalue weighted by Crippen LogP contribution is -2.37. The smallest absolute Gasteiger partial charge is 0.236 e. The number of nitrogens with zero attached hydrogens (tertiary/aromatic N) is 2. The van der Waals surface area contributed by atoms with Gasteiger partial charge in [0.15, 0.2) is 5.96 Å². The minimum absolute atomic E-state index is 0.508. The number of nitrogens with one attached hydrogen (secondary N) is 2. The van der Waals surface area contributed by atoms with E-state index in [1.165, 1.54) is 6.42 Å². The summed E-state index contributed by atoms with van der Waals surface area (Å²) in [5.41, 5.74) is 0.841. The summed E-state index contributed by atoms with van der Waals surface area (Å²) in [6.45, 7) is 8.84. The lowest BCUT2D eigenvalue weighted by molar-refractivity contribution is 0.549. The van der Waals surface area contributed by atoms with E-state index in [9.17, 15) is 0 Å². The van der Waals surface area contributed by atoms with Crippen LogP contribution in [0.15, 0.2) is 33.2 Å². The number of aliphatic imine (C=N–C) groups is 1. The Morgan fingerprint density at radius 1 is 1.39 bits per heavy atom. The van der Waals surface area contributed by atoms with E-state index in [4.69, 9.17) is 4.42 Å². The van der Waals surface area contributed by atoms with Crippen LogP contribution in [0.25, 0.3) is 10.8 Å².